The zero-order valence-electron chi connectivity index (χ0n) is 19.2. The first-order valence-corrected chi connectivity index (χ1v) is 12.0. The second kappa shape index (κ2) is 11.3. The molecule has 0 aliphatic heterocycles. The number of carbonyl (C=O) groups is 1. The van der Waals surface area contributed by atoms with Gasteiger partial charge in [0.1, 0.15) is 24.7 Å². The van der Waals surface area contributed by atoms with Crippen LogP contribution in [-0.2, 0) is 14.8 Å². The highest BCUT2D eigenvalue weighted by Crippen LogP contribution is 2.27. The summed E-state index contributed by atoms with van der Waals surface area (Å²) in [5.74, 6) is 0.665. The van der Waals surface area contributed by atoms with E-state index >= 15 is 0 Å². The summed E-state index contributed by atoms with van der Waals surface area (Å²) in [6.45, 7) is 1.27. The van der Waals surface area contributed by atoms with E-state index in [2.05, 4.69) is 5.32 Å². The molecule has 11 heteroatoms. The number of nitro benzene ring substituents is 1. The van der Waals surface area contributed by atoms with Gasteiger partial charge in [-0.1, -0.05) is 24.3 Å². The number of nitro groups is 1. The molecule has 1 N–H and O–H groups in total. The van der Waals surface area contributed by atoms with Crippen LogP contribution in [0.4, 0.5) is 11.4 Å². The van der Waals surface area contributed by atoms with Crippen molar-refractivity contribution in [2.24, 2.45) is 0 Å². The summed E-state index contributed by atoms with van der Waals surface area (Å²) in [5.41, 5.74) is -0.294. The summed E-state index contributed by atoms with van der Waals surface area (Å²) in [6, 6.07) is 19.2. The molecule has 0 spiro atoms. The highest BCUT2D eigenvalue weighted by molar-refractivity contribution is 7.92. The molecule has 1 atom stereocenters. The maximum atomic E-state index is 13.3. The van der Waals surface area contributed by atoms with E-state index in [1.807, 2.05) is 0 Å². The van der Waals surface area contributed by atoms with Crippen LogP contribution in [0.5, 0.6) is 11.5 Å². The molecule has 0 heterocycles. The molecule has 0 aliphatic carbocycles. The average Bonchev–Trinajstić information content (AvgIpc) is 2.86. The van der Waals surface area contributed by atoms with Gasteiger partial charge in [-0.15, -0.1) is 0 Å². The largest absolute Gasteiger partial charge is 0.497 e. The number of hydrogen-bond acceptors (Lipinski definition) is 7. The van der Waals surface area contributed by atoms with Crippen LogP contribution >= 0.6 is 0 Å². The Balaban J connectivity index is 1.76. The molecule has 0 fully saturated rings. The molecule has 184 valence electrons. The summed E-state index contributed by atoms with van der Waals surface area (Å²) in [5, 5.41) is 13.9. The van der Waals surface area contributed by atoms with Crippen molar-refractivity contribution in [1.29, 1.82) is 0 Å². The number of nitrogens with zero attached hydrogens (tertiary/aromatic N) is 2. The molecule has 3 aromatic rings. The number of sulfonamides is 1. The number of carbonyl (C=O) groups excluding carboxylic acids is 1. The molecular formula is C24H25N3O7S. The van der Waals surface area contributed by atoms with Gasteiger partial charge in [-0.05, 0) is 49.4 Å². The molecule has 0 bridgehead atoms. The first-order valence-electron chi connectivity index (χ1n) is 10.6. The zero-order valence-corrected chi connectivity index (χ0v) is 20.0. The van der Waals surface area contributed by atoms with Gasteiger partial charge >= 0.3 is 0 Å². The van der Waals surface area contributed by atoms with Crippen molar-refractivity contribution >= 4 is 27.3 Å². The van der Waals surface area contributed by atoms with E-state index in [9.17, 15) is 23.3 Å². The summed E-state index contributed by atoms with van der Waals surface area (Å²) in [4.78, 5) is 23.4. The van der Waals surface area contributed by atoms with E-state index in [1.54, 1.807) is 56.5 Å². The SMILES string of the molecule is COc1ccc(OCC(C)NC(=O)CN(c2cccc([N+](=O)[O-])c2)S(=O)(=O)c2ccccc2)cc1. The van der Waals surface area contributed by atoms with Crippen LogP contribution in [0.15, 0.2) is 83.8 Å². The molecule has 0 aromatic heterocycles. The van der Waals surface area contributed by atoms with Crippen LogP contribution in [0.3, 0.4) is 0 Å². The molecule has 0 saturated heterocycles. The molecule has 0 radical (unpaired) electrons. The Kier molecular flexibility index (Phi) is 8.26. The highest BCUT2D eigenvalue weighted by atomic mass is 32.2. The average molecular weight is 500 g/mol. The van der Waals surface area contributed by atoms with Gasteiger partial charge in [0.25, 0.3) is 15.7 Å². The van der Waals surface area contributed by atoms with E-state index in [0.29, 0.717) is 11.5 Å². The highest BCUT2D eigenvalue weighted by Gasteiger charge is 2.28. The second-order valence-electron chi connectivity index (χ2n) is 7.56. The summed E-state index contributed by atoms with van der Waals surface area (Å²) < 4.78 is 38.3. The van der Waals surface area contributed by atoms with Crippen molar-refractivity contribution in [2.75, 3.05) is 24.6 Å². The van der Waals surface area contributed by atoms with Crippen LogP contribution in [0.25, 0.3) is 0 Å². The number of benzene rings is 3. The van der Waals surface area contributed by atoms with Gasteiger partial charge in [0.2, 0.25) is 5.91 Å². The predicted molar refractivity (Wildman–Crippen MR) is 130 cm³/mol. The van der Waals surface area contributed by atoms with Gasteiger partial charge in [0.05, 0.1) is 28.7 Å². The van der Waals surface area contributed by atoms with Crippen molar-refractivity contribution in [3.8, 4) is 11.5 Å². The number of hydrogen-bond donors (Lipinski definition) is 1. The number of anilines is 1. The van der Waals surface area contributed by atoms with Gasteiger partial charge in [0.15, 0.2) is 0 Å². The van der Waals surface area contributed by atoms with Gasteiger partial charge in [0, 0.05) is 12.1 Å². The van der Waals surface area contributed by atoms with Crippen LogP contribution < -0.4 is 19.1 Å². The van der Waals surface area contributed by atoms with E-state index in [4.69, 9.17) is 9.47 Å². The Bertz CT molecular complexity index is 1270. The van der Waals surface area contributed by atoms with Gasteiger partial charge < -0.3 is 14.8 Å². The lowest BCUT2D eigenvalue weighted by Crippen LogP contribution is -2.45. The summed E-state index contributed by atoms with van der Waals surface area (Å²) >= 11 is 0. The fourth-order valence-corrected chi connectivity index (χ4v) is 4.62. The van der Waals surface area contributed by atoms with Crippen LogP contribution in [0, 0.1) is 10.1 Å². The first kappa shape index (κ1) is 25.5. The van der Waals surface area contributed by atoms with E-state index < -0.39 is 33.4 Å². The number of non-ortho nitro benzene ring substituents is 1. The zero-order chi connectivity index (χ0) is 25.4. The van der Waals surface area contributed by atoms with Crippen LogP contribution in [-0.4, -0.2) is 45.6 Å². The number of amides is 1. The Morgan fingerprint density at radius 2 is 1.69 bits per heavy atom. The van der Waals surface area contributed by atoms with Crippen molar-refractivity contribution in [3.63, 3.8) is 0 Å². The molecular weight excluding hydrogens is 474 g/mol. The minimum atomic E-state index is -4.18. The summed E-state index contributed by atoms with van der Waals surface area (Å²) in [7, 11) is -2.62. The Hall–Kier alpha value is -4.12. The Labute approximate surface area is 203 Å². The number of methoxy groups -OCH3 is 1. The van der Waals surface area contributed by atoms with E-state index in [1.165, 1.54) is 30.3 Å². The molecule has 1 unspecified atom stereocenters. The third-order valence-corrected chi connectivity index (χ3v) is 6.70. The minimum absolute atomic E-state index is 0.000314. The van der Waals surface area contributed by atoms with Crippen molar-refractivity contribution in [2.45, 2.75) is 17.9 Å². The van der Waals surface area contributed by atoms with E-state index in [-0.39, 0.29) is 22.9 Å². The lowest BCUT2D eigenvalue weighted by molar-refractivity contribution is -0.384. The molecule has 3 aromatic carbocycles. The molecule has 0 aliphatic rings. The van der Waals surface area contributed by atoms with Crippen molar-refractivity contribution in [1.82, 2.24) is 5.32 Å². The fraction of sp³-hybridized carbons (Fsp3) is 0.208. The minimum Gasteiger partial charge on any atom is -0.497 e. The first-order chi connectivity index (χ1) is 16.7. The van der Waals surface area contributed by atoms with Gasteiger partial charge in [-0.2, -0.15) is 0 Å². The topological polar surface area (TPSA) is 128 Å². The maximum Gasteiger partial charge on any atom is 0.271 e. The third-order valence-electron chi connectivity index (χ3n) is 4.91. The Morgan fingerprint density at radius 3 is 2.31 bits per heavy atom. The predicted octanol–water partition coefficient (Wildman–Crippen LogP) is 3.38. The lowest BCUT2D eigenvalue weighted by atomic mass is 10.3. The molecule has 0 saturated carbocycles. The fourth-order valence-electron chi connectivity index (χ4n) is 3.18. The van der Waals surface area contributed by atoms with Crippen LogP contribution in [0.1, 0.15) is 6.92 Å². The normalized spacial score (nSPS) is 11.8. The van der Waals surface area contributed by atoms with E-state index in [0.717, 1.165) is 10.4 Å². The smallest absolute Gasteiger partial charge is 0.271 e. The van der Waals surface area contributed by atoms with Crippen molar-refractivity contribution in [3.05, 3.63) is 89.0 Å². The molecule has 1 amide bonds. The standard InChI is InChI=1S/C24H25N3O7S/c1-18(17-34-22-13-11-21(33-2)12-14-22)25-24(28)16-26(19-7-6-8-20(15-19)27(29)30)35(31,32)23-9-4-3-5-10-23/h3-15,18H,16-17H2,1-2H3,(H,25,28). The molecule has 35 heavy (non-hydrogen) atoms. The number of ether oxygens (including phenoxy) is 2. The second-order valence-corrected chi connectivity index (χ2v) is 9.42. The number of nitrogens with one attached hydrogen (secondary N) is 1. The number of rotatable bonds is 11. The van der Waals surface area contributed by atoms with Crippen molar-refractivity contribution < 1.29 is 27.6 Å². The van der Waals surface area contributed by atoms with Gasteiger partial charge in [-0.3, -0.25) is 19.2 Å². The lowest BCUT2D eigenvalue weighted by Gasteiger charge is -2.25. The monoisotopic (exact) mass is 499 g/mol. The van der Waals surface area contributed by atoms with Crippen LogP contribution in [0.2, 0.25) is 0 Å². The third kappa shape index (κ3) is 6.70. The molecule has 3 rings (SSSR count). The molecule has 10 nitrogen and oxygen atoms in total. The quantitative estimate of drug-likeness (QED) is 0.316. The maximum absolute atomic E-state index is 13.3. The summed E-state index contributed by atoms with van der Waals surface area (Å²) in [6.07, 6.45) is 0. The van der Waals surface area contributed by atoms with Gasteiger partial charge in [-0.25, -0.2) is 8.42 Å². The Morgan fingerprint density at radius 1 is 1.03 bits per heavy atom.